The Labute approximate surface area is 84.6 Å². The molecule has 2 N–H and O–H groups in total. The summed E-state index contributed by atoms with van der Waals surface area (Å²) in [5, 5.41) is 12.0. The molecule has 0 unspecified atom stereocenters. The van der Waals surface area contributed by atoms with Crippen LogP contribution in [-0.4, -0.2) is 36.9 Å². The first-order chi connectivity index (χ1) is 6.45. The molecule has 0 saturated heterocycles. The molecule has 0 atom stereocenters. The fourth-order valence-corrected chi connectivity index (χ4v) is 1.51. The molecule has 0 heterocycles. The molecule has 0 aromatic carbocycles. The van der Waals surface area contributed by atoms with Crippen LogP contribution in [0.3, 0.4) is 0 Å². The predicted molar refractivity (Wildman–Crippen MR) is 52.8 cm³/mol. The lowest BCUT2D eigenvalue weighted by Gasteiger charge is -2.34. The van der Waals surface area contributed by atoms with E-state index >= 15 is 0 Å². The van der Waals surface area contributed by atoms with Crippen LogP contribution < -0.4 is 5.32 Å². The van der Waals surface area contributed by atoms with Crippen LogP contribution in [0, 0.1) is 5.41 Å². The quantitative estimate of drug-likeness (QED) is 0.687. The topological polar surface area (TPSA) is 58.6 Å². The van der Waals surface area contributed by atoms with E-state index in [1.54, 1.807) is 7.11 Å². The monoisotopic (exact) mass is 201 g/mol. The molecule has 1 amide bonds. The maximum atomic E-state index is 11.7. The van der Waals surface area contributed by atoms with Gasteiger partial charge in [0, 0.05) is 13.2 Å². The molecule has 0 aromatic rings. The second kappa shape index (κ2) is 4.28. The van der Waals surface area contributed by atoms with Gasteiger partial charge < -0.3 is 15.2 Å². The molecule has 14 heavy (non-hydrogen) atoms. The Morgan fingerprint density at radius 1 is 1.57 bits per heavy atom. The fraction of sp³-hybridized carbons (Fsp3) is 0.900. The second-order valence-electron chi connectivity index (χ2n) is 4.61. The third-order valence-electron chi connectivity index (χ3n) is 2.57. The molecule has 4 heteroatoms. The van der Waals surface area contributed by atoms with Gasteiger partial charge in [-0.05, 0) is 26.7 Å². The van der Waals surface area contributed by atoms with E-state index in [0.29, 0.717) is 19.4 Å². The number of aliphatic hydroxyl groups excluding tert-OH is 1. The molecule has 0 aliphatic heterocycles. The lowest BCUT2D eigenvalue weighted by Crippen LogP contribution is -2.51. The van der Waals surface area contributed by atoms with Gasteiger partial charge in [0.05, 0.1) is 18.1 Å². The van der Waals surface area contributed by atoms with Crippen molar-refractivity contribution in [1.29, 1.82) is 0 Å². The third-order valence-corrected chi connectivity index (χ3v) is 2.57. The van der Waals surface area contributed by atoms with Crippen molar-refractivity contribution >= 4 is 5.91 Å². The zero-order valence-corrected chi connectivity index (χ0v) is 9.04. The number of carbonyl (C=O) groups excluding carboxylic acids is 1. The van der Waals surface area contributed by atoms with Gasteiger partial charge in [0.25, 0.3) is 0 Å². The maximum Gasteiger partial charge on any atom is 0.228 e. The van der Waals surface area contributed by atoms with Crippen molar-refractivity contribution in [3.8, 4) is 0 Å². The summed E-state index contributed by atoms with van der Waals surface area (Å²) in [6.07, 6.45) is 1.12. The first kappa shape index (κ1) is 11.5. The van der Waals surface area contributed by atoms with Crippen molar-refractivity contribution < 1.29 is 14.6 Å². The number of nitrogens with one attached hydrogen (secondary N) is 1. The summed E-state index contributed by atoms with van der Waals surface area (Å²) in [4.78, 5) is 11.7. The lowest BCUT2D eigenvalue weighted by molar-refractivity contribution is -0.134. The molecule has 82 valence electrons. The molecule has 0 bridgehead atoms. The van der Waals surface area contributed by atoms with Crippen molar-refractivity contribution in [2.75, 3.05) is 13.7 Å². The van der Waals surface area contributed by atoms with E-state index in [-0.39, 0.29) is 18.1 Å². The highest BCUT2D eigenvalue weighted by atomic mass is 16.5. The number of rotatable bonds is 4. The van der Waals surface area contributed by atoms with Crippen molar-refractivity contribution in [1.82, 2.24) is 5.32 Å². The van der Waals surface area contributed by atoms with Crippen molar-refractivity contribution in [3.05, 3.63) is 0 Å². The minimum atomic E-state index is -0.491. The molecule has 0 radical (unpaired) electrons. The van der Waals surface area contributed by atoms with Gasteiger partial charge in [0.1, 0.15) is 0 Å². The van der Waals surface area contributed by atoms with Crippen molar-refractivity contribution in [2.24, 2.45) is 5.41 Å². The second-order valence-corrected chi connectivity index (χ2v) is 4.61. The Morgan fingerprint density at radius 3 is 2.57 bits per heavy atom. The summed E-state index contributed by atoms with van der Waals surface area (Å²) in [6, 6.07) is 0.147. The minimum absolute atomic E-state index is 0.00347. The van der Waals surface area contributed by atoms with Crippen LogP contribution in [0.25, 0.3) is 0 Å². The SMILES string of the molecule is COCC(C)(C)C(=O)NC1CC(O)C1. The maximum absolute atomic E-state index is 11.7. The van der Waals surface area contributed by atoms with Gasteiger partial charge in [-0.2, -0.15) is 0 Å². The van der Waals surface area contributed by atoms with Crippen LogP contribution in [0.5, 0.6) is 0 Å². The highest BCUT2D eigenvalue weighted by molar-refractivity contribution is 5.82. The van der Waals surface area contributed by atoms with Crippen LogP contribution >= 0.6 is 0 Å². The average Bonchev–Trinajstić information content (AvgIpc) is 2.01. The summed E-state index contributed by atoms with van der Waals surface area (Å²) in [5.74, 6) is -0.00347. The van der Waals surface area contributed by atoms with E-state index in [0.717, 1.165) is 0 Å². The highest BCUT2D eigenvalue weighted by Gasteiger charge is 2.34. The third kappa shape index (κ3) is 2.69. The Kier molecular flexibility index (Phi) is 3.50. The van der Waals surface area contributed by atoms with E-state index < -0.39 is 5.41 Å². The summed E-state index contributed by atoms with van der Waals surface area (Å²) in [5.41, 5.74) is -0.491. The number of methoxy groups -OCH3 is 1. The average molecular weight is 201 g/mol. The smallest absolute Gasteiger partial charge is 0.228 e. The molecule has 1 saturated carbocycles. The fourth-order valence-electron chi connectivity index (χ4n) is 1.51. The molecular weight excluding hydrogens is 182 g/mol. The standard InChI is InChI=1S/C10H19NO3/c1-10(2,6-14-3)9(13)11-7-4-8(12)5-7/h7-8,12H,4-6H2,1-3H3,(H,11,13). The molecular formula is C10H19NO3. The first-order valence-corrected chi connectivity index (χ1v) is 4.93. The summed E-state index contributed by atoms with van der Waals surface area (Å²) >= 11 is 0. The number of aliphatic hydroxyl groups is 1. The number of carbonyl (C=O) groups is 1. The molecule has 4 nitrogen and oxygen atoms in total. The summed E-state index contributed by atoms with van der Waals surface area (Å²) < 4.78 is 4.97. The Hall–Kier alpha value is -0.610. The largest absolute Gasteiger partial charge is 0.393 e. The van der Waals surface area contributed by atoms with E-state index in [1.165, 1.54) is 0 Å². The predicted octanol–water partition coefficient (Wildman–Crippen LogP) is 0.298. The van der Waals surface area contributed by atoms with E-state index in [1.807, 2.05) is 13.8 Å². The van der Waals surface area contributed by atoms with Gasteiger partial charge in [-0.3, -0.25) is 4.79 Å². The number of hydrogen-bond acceptors (Lipinski definition) is 3. The first-order valence-electron chi connectivity index (χ1n) is 4.93. The van der Waals surface area contributed by atoms with Gasteiger partial charge in [-0.15, -0.1) is 0 Å². The van der Waals surface area contributed by atoms with Gasteiger partial charge >= 0.3 is 0 Å². The van der Waals surface area contributed by atoms with E-state index in [4.69, 9.17) is 9.84 Å². The van der Waals surface area contributed by atoms with Crippen LogP contribution in [0.15, 0.2) is 0 Å². The van der Waals surface area contributed by atoms with Crippen LogP contribution in [0.1, 0.15) is 26.7 Å². The van der Waals surface area contributed by atoms with E-state index in [2.05, 4.69) is 5.32 Å². The van der Waals surface area contributed by atoms with Crippen LogP contribution in [0.4, 0.5) is 0 Å². The summed E-state index contributed by atoms with van der Waals surface area (Å²) in [7, 11) is 1.59. The number of ether oxygens (including phenoxy) is 1. The van der Waals surface area contributed by atoms with Crippen LogP contribution in [0.2, 0.25) is 0 Å². The molecule has 1 aliphatic carbocycles. The Balaban J connectivity index is 2.33. The molecule has 0 spiro atoms. The van der Waals surface area contributed by atoms with E-state index in [9.17, 15) is 4.79 Å². The lowest BCUT2D eigenvalue weighted by atomic mass is 9.87. The summed E-state index contributed by atoms with van der Waals surface area (Å²) in [6.45, 7) is 4.11. The zero-order chi connectivity index (χ0) is 10.8. The van der Waals surface area contributed by atoms with Crippen LogP contribution in [-0.2, 0) is 9.53 Å². The molecule has 1 fully saturated rings. The number of amides is 1. The zero-order valence-electron chi connectivity index (χ0n) is 9.04. The van der Waals surface area contributed by atoms with Crippen molar-refractivity contribution in [3.63, 3.8) is 0 Å². The van der Waals surface area contributed by atoms with Crippen molar-refractivity contribution in [2.45, 2.75) is 38.8 Å². The van der Waals surface area contributed by atoms with Gasteiger partial charge in [0.15, 0.2) is 0 Å². The van der Waals surface area contributed by atoms with Gasteiger partial charge in [-0.1, -0.05) is 0 Å². The Bertz CT molecular complexity index is 209. The minimum Gasteiger partial charge on any atom is -0.393 e. The molecule has 0 aromatic heterocycles. The normalized spacial score (nSPS) is 26.9. The Morgan fingerprint density at radius 2 is 2.14 bits per heavy atom. The number of hydrogen-bond donors (Lipinski definition) is 2. The highest BCUT2D eigenvalue weighted by Crippen LogP contribution is 2.22. The molecule has 1 aliphatic rings. The van der Waals surface area contributed by atoms with Gasteiger partial charge in [-0.25, -0.2) is 0 Å². The van der Waals surface area contributed by atoms with Gasteiger partial charge in [0.2, 0.25) is 5.91 Å². The molecule has 1 rings (SSSR count).